The fourth-order valence-electron chi connectivity index (χ4n) is 4.23. The Kier molecular flexibility index (Phi) is 6.38. The number of ether oxygens (including phenoxy) is 1. The molecule has 1 aliphatic rings. The number of alkyl halides is 3. The molecule has 0 radical (unpaired) electrons. The number of aromatic nitrogens is 1. The van der Waals surface area contributed by atoms with E-state index in [1.165, 1.54) is 31.4 Å². The van der Waals surface area contributed by atoms with Gasteiger partial charge in [0, 0.05) is 11.6 Å². The first-order chi connectivity index (χ1) is 15.7. The van der Waals surface area contributed by atoms with Crippen LogP contribution in [0.3, 0.4) is 0 Å². The minimum atomic E-state index is -4.45. The van der Waals surface area contributed by atoms with Crippen LogP contribution in [0.4, 0.5) is 13.2 Å². The van der Waals surface area contributed by atoms with Crippen molar-refractivity contribution in [1.29, 1.82) is 0 Å². The molecule has 0 aliphatic heterocycles. The van der Waals surface area contributed by atoms with Crippen molar-refractivity contribution in [2.24, 2.45) is 5.92 Å². The molecule has 1 heterocycles. The van der Waals surface area contributed by atoms with Gasteiger partial charge in [0.1, 0.15) is 0 Å². The highest BCUT2D eigenvalue weighted by molar-refractivity contribution is 7.90. The summed E-state index contributed by atoms with van der Waals surface area (Å²) >= 11 is 0. The van der Waals surface area contributed by atoms with Crippen molar-refractivity contribution in [1.82, 2.24) is 3.97 Å². The van der Waals surface area contributed by atoms with Crippen molar-refractivity contribution < 1.29 is 26.3 Å². The minimum absolute atomic E-state index is 0.0911. The van der Waals surface area contributed by atoms with Gasteiger partial charge in [-0.05, 0) is 54.7 Å². The normalized spacial score (nSPS) is 15.7. The predicted molar refractivity (Wildman–Crippen MR) is 120 cm³/mol. The summed E-state index contributed by atoms with van der Waals surface area (Å²) in [5.74, 6) is 0.342. The van der Waals surface area contributed by atoms with E-state index < -0.39 is 21.8 Å². The van der Waals surface area contributed by atoms with Gasteiger partial charge in [0.05, 0.1) is 23.3 Å². The Morgan fingerprint density at radius 2 is 1.61 bits per heavy atom. The number of hydrogen-bond donors (Lipinski definition) is 0. The molecular formula is C25H24F3NO3S. The Balaban J connectivity index is 1.90. The van der Waals surface area contributed by atoms with Gasteiger partial charge in [-0.3, -0.25) is 0 Å². The lowest BCUT2D eigenvalue weighted by atomic mass is 9.96. The van der Waals surface area contributed by atoms with E-state index in [0.717, 1.165) is 41.8 Å². The topological polar surface area (TPSA) is 48.3 Å². The van der Waals surface area contributed by atoms with E-state index in [1.807, 2.05) is 6.08 Å². The maximum absolute atomic E-state index is 13.6. The molecule has 33 heavy (non-hydrogen) atoms. The Morgan fingerprint density at radius 1 is 0.970 bits per heavy atom. The molecule has 0 unspecified atom stereocenters. The third-order valence-corrected chi connectivity index (χ3v) is 7.62. The molecule has 4 rings (SSSR count). The highest BCUT2D eigenvalue weighted by atomic mass is 32.2. The molecule has 0 spiro atoms. The minimum Gasteiger partial charge on any atom is -0.481 e. The number of nitrogens with zero attached hydrogens (tertiary/aromatic N) is 1. The molecular weight excluding hydrogens is 451 g/mol. The van der Waals surface area contributed by atoms with Crippen LogP contribution in [0, 0.1) is 5.92 Å². The van der Waals surface area contributed by atoms with Crippen LogP contribution < -0.4 is 4.74 Å². The summed E-state index contributed by atoms with van der Waals surface area (Å²) in [6.45, 7) is 0. The van der Waals surface area contributed by atoms with Crippen LogP contribution in [-0.2, 0) is 16.2 Å². The Labute approximate surface area is 191 Å². The van der Waals surface area contributed by atoms with E-state index in [-0.39, 0.29) is 16.7 Å². The lowest BCUT2D eigenvalue weighted by molar-refractivity contribution is -0.137. The first-order valence-electron chi connectivity index (χ1n) is 10.7. The van der Waals surface area contributed by atoms with Crippen LogP contribution in [0.5, 0.6) is 5.88 Å². The number of rotatable bonds is 6. The zero-order valence-electron chi connectivity index (χ0n) is 18.0. The predicted octanol–water partition coefficient (Wildman–Crippen LogP) is 6.37. The molecule has 1 aromatic heterocycles. The van der Waals surface area contributed by atoms with Crippen LogP contribution in [0.15, 0.2) is 77.7 Å². The second-order valence-corrected chi connectivity index (χ2v) is 9.83. The van der Waals surface area contributed by atoms with Crippen molar-refractivity contribution in [2.75, 3.05) is 7.11 Å². The smallest absolute Gasteiger partial charge is 0.416 e. The second-order valence-electron chi connectivity index (χ2n) is 8.04. The van der Waals surface area contributed by atoms with E-state index in [9.17, 15) is 21.6 Å². The zero-order valence-corrected chi connectivity index (χ0v) is 18.9. The SMILES string of the molecule is COc1ccc(C(=CC2CCCC2)c2ccc(C(F)(F)F)cc2)n1S(=O)(=O)c1ccccc1. The van der Waals surface area contributed by atoms with Gasteiger partial charge in [0.25, 0.3) is 10.0 Å². The summed E-state index contributed by atoms with van der Waals surface area (Å²) in [6, 6.07) is 16.0. The fourth-order valence-corrected chi connectivity index (χ4v) is 5.73. The number of halogens is 3. The highest BCUT2D eigenvalue weighted by Gasteiger charge is 2.31. The molecule has 3 aromatic rings. The maximum Gasteiger partial charge on any atom is 0.416 e. The molecule has 0 saturated heterocycles. The van der Waals surface area contributed by atoms with E-state index in [1.54, 1.807) is 30.3 Å². The number of benzene rings is 2. The van der Waals surface area contributed by atoms with Crippen molar-refractivity contribution in [2.45, 2.75) is 36.8 Å². The third-order valence-electron chi connectivity index (χ3n) is 5.89. The summed E-state index contributed by atoms with van der Waals surface area (Å²) in [7, 11) is -2.63. The molecule has 1 aliphatic carbocycles. The van der Waals surface area contributed by atoms with Gasteiger partial charge in [-0.25, -0.2) is 12.4 Å². The zero-order chi connectivity index (χ0) is 23.6. The quantitative estimate of drug-likeness (QED) is 0.416. The lowest BCUT2D eigenvalue weighted by Gasteiger charge is -2.17. The second kappa shape index (κ2) is 9.09. The summed E-state index contributed by atoms with van der Waals surface area (Å²) in [5, 5.41) is 0. The molecule has 0 N–H and O–H groups in total. The fraction of sp³-hybridized carbons (Fsp3) is 0.280. The van der Waals surface area contributed by atoms with Crippen molar-refractivity contribution in [3.8, 4) is 5.88 Å². The van der Waals surface area contributed by atoms with Crippen molar-refractivity contribution in [3.63, 3.8) is 0 Å². The summed E-state index contributed by atoms with van der Waals surface area (Å²) in [6.07, 6.45) is 1.57. The summed E-state index contributed by atoms with van der Waals surface area (Å²) in [5.41, 5.74) is 0.678. The molecule has 1 fully saturated rings. The van der Waals surface area contributed by atoms with Crippen LogP contribution in [0.1, 0.15) is 42.5 Å². The average molecular weight is 476 g/mol. The maximum atomic E-state index is 13.6. The molecule has 0 bridgehead atoms. The van der Waals surface area contributed by atoms with Crippen LogP contribution in [0.25, 0.3) is 5.57 Å². The van der Waals surface area contributed by atoms with Crippen LogP contribution in [0.2, 0.25) is 0 Å². The molecule has 0 atom stereocenters. The van der Waals surface area contributed by atoms with E-state index in [4.69, 9.17) is 4.74 Å². The van der Waals surface area contributed by atoms with Gasteiger partial charge in [0.2, 0.25) is 5.88 Å². The van der Waals surface area contributed by atoms with E-state index in [0.29, 0.717) is 16.8 Å². The van der Waals surface area contributed by atoms with Gasteiger partial charge in [-0.1, -0.05) is 49.2 Å². The van der Waals surface area contributed by atoms with Crippen LogP contribution >= 0.6 is 0 Å². The van der Waals surface area contributed by atoms with Gasteiger partial charge in [-0.2, -0.15) is 13.2 Å². The molecule has 8 heteroatoms. The van der Waals surface area contributed by atoms with Gasteiger partial charge in [0.15, 0.2) is 0 Å². The van der Waals surface area contributed by atoms with Crippen LogP contribution in [-0.4, -0.2) is 19.5 Å². The third kappa shape index (κ3) is 4.71. The van der Waals surface area contributed by atoms with E-state index in [2.05, 4.69) is 0 Å². The van der Waals surface area contributed by atoms with Gasteiger partial charge >= 0.3 is 6.18 Å². The average Bonchev–Trinajstić information content (AvgIpc) is 3.47. The molecule has 0 amide bonds. The standard InChI is InChI=1S/C25H24F3NO3S/c1-32-24-16-15-23(29(24)33(30,31)21-9-3-2-4-10-21)22(17-18-7-5-6-8-18)19-11-13-20(14-12-19)25(26,27)28/h2-4,9-18H,5-8H2,1H3. The molecule has 4 nitrogen and oxygen atoms in total. The first kappa shape index (κ1) is 23.2. The van der Waals surface area contributed by atoms with Gasteiger partial charge in [-0.15, -0.1) is 0 Å². The summed E-state index contributed by atoms with van der Waals surface area (Å²) in [4.78, 5) is 0.0911. The Hall–Kier alpha value is -3.00. The Bertz CT molecular complexity index is 1240. The Morgan fingerprint density at radius 3 is 2.18 bits per heavy atom. The highest BCUT2D eigenvalue weighted by Crippen LogP contribution is 2.37. The number of methoxy groups -OCH3 is 1. The monoisotopic (exact) mass is 475 g/mol. The first-order valence-corrected chi connectivity index (χ1v) is 12.1. The summed E-state index contributed by atoms with van der Waals surface area (Å²) < 4.78 is 73.0. The van der Waals surface area contributed by atoms with E-state index >= 15 is 0 Å². The largest absolute Gasteiger partial charge is 0.481 e. The van der Waals surface area contributed by atoms with Gasteiger partial charge < -0.3 is 4.74 Å². The van der Waals surface area contributed by atoms with Crippen molar-refractivity contribution in [3.05, 3.63) is 89.6 Å². The number of allylic oxidation sites excluding steroid dienone is 1. The molecule has 1 saturated carbocycles. The molecule has 174 valence electrons. The molecule has 2 aromatic carbocycles. The lowest BCUT2D eigenvalue weighted by Crippen LogP contribution is -2.17. The van der Waals surface area contributed by atoms with Crippen molar-refractivity contribution >= 4 is 15.6 Å². The number of hydrogen-bond acceptors (Lipinski definition) is 3.